The Hall–Kier alpha value is -1.88. The van der Waals surface area contributed by atoms with E-state index >= 15 is 0 Å². The Balaban J connectivity index is 1.39. The van der Waals surface area contributed by atoms with Gasteiger partial charge in [-0.25, -0.2) is 0 Å². The summed E-state index contributed by atoms with van der Waals surface area (Å²) < 4.78 is 0. The summed E-state index contributed by atoms with van der Waals surface area (Å²) in [6.07, 6.45) is 6.55. The van der Waals surface area contributed by atoms with Gasteiger partial charge < -0.3 is 15.5 Å². The highest BCUT2D eigenvalue weighted by atomic mass is 16.2. The topological polar surface area (TPSA) is 62.6 Å². The van der Waals surface area contributed by atoms with Gasteiger partial charge in [0.15, 0.2) is 6.54 Å². The van der Waals surface area contributed by atoms with E-state index in [9.17, 15) is 9.59 Å². The van der Waals surface area contributed by atoms with E-state index in [4.69, 9.17) is 0 Å². The molecule has 1 aromatic rings. The molecule has 3 N–H and O–H groups in total. The average molecular weight is 359 g/mol. The molecule has 2 fully saturated rings. The molecule has 1 aromatic carbocycles. The summed E-state index contributed by atoms with van der Waals surface area (Å²) in [6.45, 7) is 4.56. The molecular formula is C21H32N3O2+. The van der Waals surface area contributed by atoms with E-state index < -0.39 is 0 Å². The van der Waals surface area contributed by atoms with Gasteiger partial charge in [-0.15, -0.1) is 0 Å². The molecule has 2 aliphatic rings. The minimum atomic E-state index is 0.0559. The van der Waals surface area contributed by atoms with Crippen LogP contribution < -0.4 is 15.5 Å². The van der Waals surface area contributed by atoms with Crippen molar-refractivity contribution in [1.82, 2.24) is 5.32 Å². The molecule has 1 aliphatic carbocycles. The number of piperidine rings is 1. The van der Waals surface area contributed by atoms with Crippen molar-refractivity contribution in [2.75, 3.05) is 25.0 Å². The number of carbonyl (C=O) groups excluding carboxylic acids is 2. The standard InChI is InChI=1S/C21H31N3O2/c1-16-7-5-6-10-19(16)23-20(25)15-24-13-11-17(12-14-24)21(26)22-18-8-3-2-4-9-18/h2-4,8-9,16-17,19H,5-7,10-15H2,1H3,(H,22,26)(H,23,25)/p+1/t16-,19+/m0/s1. The second kappa shape index (κ2) is 9.17. The summed E-state index contributed by atoms with van der Waals surface area (Å²) in [6, 6.07) is 9.97. The van der Waals surface area contributed by atoms with Gasteiger partial charge in [-0.3, -0.25) is 9.59 Å². The molecule has 0 bridgehead atoms. The van der Waals surface area contributed by atoms with Crippen LogP contribution in [0.3, 0.4) is 0 Å². The Labute approximate surface area is 156 Å². The first-order valence-corrected chi connectivity index (χ1v) is 10.1. The number of likely N-dealkylation sites (tertiary alicyclic amines) is 1. The van der Waals surface area contributed by atoms with Gasteiger partial charge in [0.05, 0.1) is 13.1 Å². The van der Waals surface area contributed by atoms with Gasteiger partial charge in [-0.2, -0.15) is 0 Å². The van der Waals surface area contributed by atoms with Crippen LogP contribution >= 0.6 is 0 Å². The Kier molecular flexibility index (Phi) is 6.67. The first-order valence-electron chi connectivity index (χ1n) is 10.1. The molecule has 1 saturated carbocycles. The molecule has 5 heteroatoms. The molecule has 1 saturated heterocycles. The lowest BCUT2D eigenvalue weighted by Crippen LogP contribution is -3.14. The van der Waals surface area contributed by atoms with Gasteiger partial charge in [-0.05, 0) is 30.9 Å². The number of rotatable bonds is 5. The molecular weight excluding hydrogens is 326 g/mol. The van der Waals surface area contributed by atoms with E-state index in [1.165, 1.54) is 24.2 Å². The average Bonchev–Trinajstić information content (AvgIpc) is 2.65. The summed E-state index contributed by atoms with van der Waals surface area (Å²) in [5.74, 6) is 0.928. The van der Waals surface area contributed by atoms with E-state index in [-0.39, 0.29) is 17.7 Å². The van der Waals surface area contributed by atoms with Crippen molar-refractivity contribution >= 4 is 17.5 Å². The van der Waals surface area contributed by atoms with Gasteiger partial charge >= 0.3 is 0 Å². The monoisotopic (exact) mass is 358 g/mol. The van der Waals surface area contributed by atoms with Crippen LogP contribution in [0.5, 0.6) is 0 Å². The number of para-hydroxylation sites is 1. The van der Waals surface area contributed by atoms with Crippen LogP contribution in [0.2, 0.25) is 0 Å². The van der Waals surface area contributed by atoms with E-state index in [1.807, 2.05) is 30.3 Å². The maximum atomic E-state index is 12.4. The number of benzene rings is 1. The molecule has 0 unspecified atom stereocenters. The second-order valence-electron chi connectivity index (χ2n) is 7.99. The number of carbonyl (C=O) groups is 2. The third-order valence-corrected chi connectivity index (χ3v) is 5.97. The fourth-order valence-electron chi connectivity index (χ4n) is 4.25. The highest BCUT2D eigenvalue weighted by Gasteiger charge is 2.30. The molecule has 26 heavy (non-hydrogen) atoms. The van der Waals surface area contributed by atoms with E-state index in [2.05, 4.69) is 17.6 Å². The van der Waals surface area contributed by atoms with Gasteiger partial charge in [0, 0.05) is 30.5 Å². The molecule has 0 radical (unpaired) electrons. The molecule has 0 aromatic heterocycles. The highest BCUT2D eigenvalue weighted by Crippen LogP contribution is 2.23. The van der Waals surface area contributed by atoms with Crippen LogP contribution in [0.25, 0.3) is 0 Å². The van der Waals surface area contributed by atoms with Gasteiger partial charge in [0.25, 0.3) is 5.91 Å². The second-order valence-corrected chi connectivity index (χ2v) is 7.99. The molecule has 0 spiro atoms. The predicted octanol–water partition coefficient (Wildman–Crippen LogP) is 1.61. The molecule has 1 heterocycles. The predicted molar refractivity (Wildman–Crippen MR) is 103 cm³/mol. The zero-order valence-corrected chi connectivity index (χ0v) is 15.8. The van der Waals surface area contributed by atoms with Crippen molar-refractivity contribution in [1.29, 1.82) is 0 Å². The Morgan fingerprint density at radius 1 is 1.04 bits per heavy atom. The first kappa shape index (κ1) is 18.9. The quantitative estimate of drug-likeness (QED) is 0.749. The number of hydrogen-bond donors (Lipinski definition) is 3. The molecule has 142 valence electrons. The summed E-state index contributed by atoms with van der Waals surface area (Å²) in [7, 11) is 0. The molecule has 5 nitrogen and oxygen atoms in total. The molecule has 3 rings (SSSR count). The van der Waals surface area contributed by atoms with Crippen molar-refractivity contribution in [2.24, 2.45) is 11.8 Å². The SMILES string of the molecule is C[C@H]1CCCC[C@H]1NC(=O)C[NH+]1CCC(C(=O)Nc2ccccc2)CC1. The van der Waals surface area contributed by atoms with Crippen LogP contribution in [-0.4, -0.2) is 37.5 Å². The van der Waals surface area contributed by atoms with Gasteiger partial charge in [0.1, 0.15) is 0 Å². The fraction of sp³-hybridized carbons (Fsp3) is 0.619. The maximum absolute atomic E-state index is 12.4. The third-order valence-electron chi connectivity index (χ3n) is 5.97. The highest BCUT2D eigenvalue weighted by molar-refractivity contribution is 5.92. The van der Waals surface area contributed by atoms with Crippen molar-refractivity contribution < 1.29 is 14.5 Å². The van der Waals surface area contributed by atoms with Crippen LogP contribution in [0.15, 0.2) is 30.3 Å². The minimum absolute atomic E-state index is 0.0559. The number of quaternary nitrogens is 1. The zero-order chi connectivity index (χ0) is 18.4. The van der Waals surface area contributed by atoms with E-state index in [0.29, 0.717) is 18.5 Å². The van der Waals surface area contributed by atoms with Crippen molar-refractivity contribution in [3.05, 3.63) is 30.3 Å². The zero-order valence-electron chi connectivity index (χ0n) is 15.8. The number of amides is 2. The van der Waals surface area contributed by atoms with Crippen molar-refractivity contribution in [2.45, 2.75) is 51.5 Å². The van der Waals surface area contributed by atoms with E-state index in [1.54, 1.807) is 0 Å². The van der Waals surface area contributed by atoms with Crippen molar-refractivity contribution in [3.8, 4) is 0 Å². The van der Waals surface area contributed by atoms with Gasteiger partial charge in [-0.1, -0.05) is 38.0 Å². The normalized spacial score (nSPS) is 29.0. The van der Waals surface area contributed by atoms with Crippen molar-refractivity contribution in [3.63, 3.8) is 0 Å². The number of nitrogens with one attached hydrogen (secondary N) is 3. The summed E-state index contributed by atoms with van der Waals surface area (Å²) in [5.41, 5.74) is 0.855. The van der Waals surface area contributed by atoms with Crippen LogP contribution in [0.1, 0.15) is 45.4 Å². The largest absolute Gasteiger partial charge is 0.348 e. The summed E-state index contributed by atoms with van der Waals surface area (Å²) in [4.78, 5) is 26.1. The lowest BCUT2D eigenvalue weighted by molar-refractivity contribution is -0.897. The first-order chi connectivity index (χ1) is 12.6. The lowest BCUT2D eigenvalue weighted by Gasteiger charge is -2.31. The Morgan fingerprint density at radius 2 is 1.73 bits per heavy atom. The third kappa shape index (κ3) is 5.31. The van der Waals surface area contributed by atoms with Gasteiger partial charge in [0.2, 0.25) is 5.91 Å². The maximum Gasteiger partial charge on any atom is 0.275 e. The molecule has 2 amide bonds. The smallest absolute Gasteiger partial charge is 0.275 e. The van der Waals surface area contributed by atoms with E-state index in [0.717, 1.165) is 38.0 Å². The molecule has 2 atom stereocenters. The number of hydrogen-bond acceptors (Lipinski definition) is 2. The van der Waals surface area contributed by atoms with Crippen LogP contribution in [0, 0.1) is 11.8 Å². The minimum Gasteiger partial charge on any atom is -0.348 e. The summed E-state index contributed by atoms with van der Waals surface area (Å²) in [5, 5.41) is 6.24. The summed E-state index contributed by atoms with van der Waals surface area (Å²) >= 11 is 0. The number of anilines is 1. The lowest BCUT2D eigenvalue weighted by atomic mass is 9.86. The Morgan fingerprint density at radius 3 is 2.42 bits per heavy atom. The van der Waals surface area contributed by atoms with Crippen LogP contribution in [-0.2, 0) is 9.59 Å². The molecule has 1 aliphatic heterocycles. The Bertz CT molecular complexity index is 597. The fourth-order valence-corrected chi connectivity index (χ4v) is 4.25. The van der Waals surface area contributed by atoms with Crippen LogP contribution in [0.4, 0.5) is 5.69 Å².